The van der Waals surface area contributed by atoms with Gasteiger partial charge in [0.25, 0.3) is 5.91 Å². The lowest BCUT2D eigenvalue weighted by molar-refractivity contribution is 0.100. The lowest BCUT2D eigenvalue weighted by atomic mass is 9.80. The van der Waals surface area contributed by atoms with Crippen LogP contribution in [-0.4, -0.2) is 16.9 Å². The van der Waals surface area contributed by atoms with Gasteiger partial charge in [-0.05, 0) is 37.2 Å². The highest BCUT2D eigenvalue weighted by atomic mass is 16.1. The van der Waals surface area contributed by atoms with Gasteiger partial charge in [-0.1, -0.05) is 13.8 Å². The molecule has 0 aromatic carbocycles. The van der Waals surface area contributed by atoms with Gasteiger partial charge in [0.1, 0.15) is 5.82 Å². The second kappa shape index (κ2) is 5.47. The molecule has 0 aliphatic heterocycles. The molecule has 104 valence electrons. The van der Waals surface area contributed by atoms with E-state index in [0.717, 1.165) is 12.3 Å². The highest BCUT2D eigenvalue weighted by molar-refractivity contribution is 5.98. The van der Waals surface area contributed by atoms with Gasteiger partial charge in [-0.15, -0.1) is 0 Å². The van der Waals surface area contributed by atoms with Crippen LogP contribution >= 0.6 is 0 Å². The van der Waals surface area contributed by atoms with Crippen molar-refractivity contribution in [1.29, 1.82) is 0 Å². The molecule has 19 heavy (non-hydrogen) atoms. The molecule has 1 heterocycles. The van der Waals surface area contributed by atoms with Gasteiger partial charge in [0.15, 0.2) is 0 Å². The van der Waals surface area contributed by atoms with Gasteiger partial charge in [0.05, 0.1) is 17.4 Å². The standard InChI is InChI=1S/C14H22N4O/c1-8-3-4-12(9(2)5-8)18-14-11(13(16)19)6-10(15)7-17-14/h6-9,12H,3-5,15H2,1-2H3,(H2,16,19)(H,17,18). The summed E-state index contributed by atoms with van der Waals surface area (Å²) < 4.78 is 0. The number of aromatic nitrogens is 1. The summed E-state index contributed by atoms with van der Waals surface area (Å²) >= 11 is 0. The maximum absolute atomic E-state index is 11.4. The molecule has 0 spiro atoms. The van der Waals surface area contributed by atoms with E-state index in [9.17, 15) is 4.79 Å². The highest BCUT2D eigenvalue weighted by Gasteiger charge is 2.26. The SMILES string of the molecule is CC1CCC(Nc2ncc(N)cc2C(N)=O)C(C)C1. The molecule has 3 unspecified atom stereocenters. The normalized spacial score (nSPS) is 26.9. The number of amides is 1. The fraction of sp³-hybridized carbons (Fsp3) is 0.571. The van der Waals surface area contributed by atoms with Crippen LogP contribution in [0.25, 0.3) is 0 Å². The molecule has 5 nitrogen and oxygen atoms in total. The molecule has 1 aliphatic carbocycles. The van der Waals surface area contributed by atoms with Crippen LogP contribution in [0.5, 0.6) is 0 Å². The Hall–Kier alpha value is -1.78. The summed E-state index contributed by atoms with van der Waals surface area (Å²) in [5.41, 5.74) is 11.8. The minimum atomic E-state index is -0.501. The Balaban J connectivity index is 2.17. The maximum atomic E-state index is 11.4. The predicted molar refractivity (Wildman–Crippen MR) is 76.8 cm³/mol. The predicted octanol–water partition coefficient (Wildman–Crippen LogP) is 2.00. The fourth-order valence-corrected chi connectivity index (χ4v) is 2.84. The van der Waals surface area contributed by atoms with Crippen molar-refractivity contribution in [3.8, 4) is 0 Å². The molecular formula is C14H22N4O. The number of nitrogens with one attached hydrogen (secondary N) is 1. The van der Waals surface area contributed by atoms with Gasteiger partial charge < -0.3 is 16.8 Å². The van der Waals surface area contributed by atoms with Crippen LogP contribution in [0.1, 0.15) is 43.5 Å². The zero-order valence-corrected chi connectivity index (χ0v) is 11.5. The number of pyridine rings is 1. The fourth-order valence-electron chi connectivity index (χ4n) is 2.84. The van der Waals surface area contributed by atoms with E-state index in [1.807, 2.05) is 0 Å². The topological polar surface area (TPSA) is 94.0 Å². The quantitative estimate of drug-likeness (QED) is 0.776. The first-order valence-corrected chi connectivity index (χ1v) is 6.79. The molecule has 1 amide bonds. The van der Waals surface area contributed by atoms with Crippen molar-refractivity contribution >= 4 is 17.4 Å². The molecule has 0 radical (unpaired) electrons. The summed E-state index contributed by atoms with van der Waals surface area (Å²) in [6.07, 6.45) is 5.03. The number of hydrogen-bond acceptors (Lipinski definition) is 4. The molecule has 1 saturated carbocycles. The number of rotatable bonds is 3. The smallest absolute Gasteiger partial charge is 0.252 e. The summed E-state index contributed by atoms with van der Waals surface area (Å²) in [6, 6.07) is 1.92. The van der Waals surface area contributed by atoms with E-state index in [1.54, 1.807) is 12.3 Å². The first kappa shape index (κ1) is 13.6. The van der Waals surface area contributed by atoms with Crippen molar-refractivity contribution in [3.05, 3.63) is 17.8 Å². The largest absolute Gasteiger partial charge is 0.397 e. The van der Waals surface area contributed by atoms with Gasteiger partial charge in [-0.25, -0.2) is 4.98 Å². The number of nitrogens with zero attached hydrogens (tertiary/aromatic N) is 1. The van der Waals surface area contributed by atoms with Crippen molar-refractivity contribution in [2.24, 2.45) is 17.6 Å². The second-order valence-corrected chi connectivity index (χ2v) is 5.68. The van der Waals surface area contributed by atoms with Gasteiger partial charge in [-0.2, -0.15) is 0 Å². The van der Waals surface area contributed by atoms with Crippen molar-refractivity contribution in [2.45, 2.75) is 39.2 Å². The van der Waals surface area contributed by atoms with Crippen LogP contribution < -0.4 is 16.8 Å². The van der Waals surface area contributed by atoms with Gasteiger partial charge >= 0.3 is 0 Å². The average Bonchev–Trinajstić information content (AvgIpc) is 2.34. The molecule has 1 fully saturated rings. The lowest BCUT2D eigenvalue weighted by Gasteiger charge is -2.33. The molecule has 1 aromatic heterocycles. The molecule has 0 saturated heterocycles. The van der Waals surface area contributed by atoms with E-state index >= 15 is 0 Å². The Morgan fingerprint density at radius 1 is 1.42 bits per heavy atom. The van der Waals surface area contributed by atoms with Crippen molar-refractivity contribution in [1.82, 2.24) is 4.98 Å². The minimum absolute atomic E-state index is 0.338. The maximum Gasteiger partial charge on any atom is 0.252 e. The molecular weight excluding hydrogens is 240 g/mol. The van der Waals surface area contributed by atoms with Crippen molar-refractivity contribution in [3.63, 3.8) is 0 Å². The number of carbonyl (C=O) groups excluding carboxylic acids is 1. The average molecular weight is 262 g/mol. The molecule has 5 N–H and O–H groups in total. The first-order valence-electron chi connectivity index (χ1n) is 6.79. The third kappa shape index (κ3) is 3.16. The van der Waals surface area contributed by atoms with E-state index in [2.05, 4.69) is 24.1 Å². The third-order valence-electron chi connectivity index (χ3n) is 3.93. The number of nitrogens with two attached hydrogens (primary N) is 2. The van der Waals surface area contributed by atoms with E-state index in [-0.39, 0.29) is 0 Å². The van der Waals surface area contributed by atoms with Crippen LogP contribution in [0.15, 0.2) is 12.3 Å². The Labute approximate surface area is 113 Å². The second-order valence-electron chi connectivity index (χ2n) is 5.68. The van der Waals surface area contributed by atoms with Crippen LogP contribution in [0.2, 0.25) is 0 Å². The summed E-state index contributed by atoms with van der Waals surface area (Å²) in [5.74, 6) is 1.37. The lowest BCUT2D eigenvalue weighted by Crippen LogP contribution is -2.34. The zero-order chi connectivity index (χ0) is 14.0. The Morgan fingerprint density at radius 3 is 2.79 bits per heavy atom. The minimum Gasteiger partial charge on any atom is -0.397 e. The first-order chi connectivity index (χ1) is 8.97. The Morgan fingerprint density at radius 2 is 2.16 bits per heavy atom. The van der Waals surface area contributed by atoms with Gasteiger partial charge in [0, 0.05) is 6.04 Å². The summed E-state index contributed by atoms with van der Waals surface area (Å²) in [4.78, 5) is 15.6. The van der Waals surface area contributed by atoms with Crippen LogP contribution in [0.3, 0.4) is 0 Å². The van der Waals surface area contributed by atoms with Crippen molar-refractivity contribution in [2.75, 3.05) is 11.1 Å². The number of anilines is 2. The number of carbonyl (C=O) groups is 1. The Kier molecular flexibility index (Phi) is 3.93. The van der Waals surface area contributed by atoms with Crippen LogP contribution in [0.4, 0.5) is 11.5 Å². The third-order valence-corrected chi connectivity index (χ3v) is 3.93. The molecule has 0 bridgehead atoms. The summed E-state index contributed by atoms with van der Waals surface area (Å²) in [5, 5.41) is 3.36. The number of hydrogen-bond donors (Lipinski definition) is 3. The molecule has 2 rings (SSSR count). The van der Waals surface area contributed by atoms with Crippen LogP contribution in [-0.2, 0) is 0 Å². The van der Waals surface area contributed by atoms with Crippen LogP contribution in [0, 0.1) is 11.8 Å². The summed E-state index contributed by atoms with van der Waals surface area (Å²) in [6.45, 7) is 4.51. The van der Waals surface area contributed by atoms with E-state index in [0.29, 0.717) is 29.0 Å². The molecule has 1 aliphatic rings. The van der Waals surface area contributed by atoms with E-state index in [4.69, 9.17) is 11.5 Å². The van der Waals surface area contributed by atoms with Gasteiger partial charge in [-0.3, -0.25) is 4.79 Å². The van der Waals surface area contributed by atoms with Gasteiger partial charge in [0.2, 0.25) is 0 Å². The van der Waals surface area contributed by atoms with E-state index < -0.39 is 5.91 Å². The Bertz CT molecular complexity index is 475. The highest BCUT2D eigenvalue weighted by Crippen LogP contribution is 2.31. The number of nitrogen functional groups attached to an aromatic ring is 1. The summed E-state index contributed by atoms with van der Waals surface area (Å²) in [7, 11) is 0. The number of primary amides is 1. The molecule has 3 atom stereocenters. The monoisotopic (exact) mass is 262 g/mol. The van der Waals surface area contributed by atoms with E-state index in [1.165, 1.54) is 12.8 Å². The zero-order valence-electron chi connectivity index (χ0n) is 11.5. The molecule has 1 aromatic rings. The molecule has 5 heteroatoms. The van der Waals surface area contributed by atoms with Crippen molar-refractivity contribution < 1.29 is 4.79 Å².